The molecule has 2 rings (SSSR count). The average molecular weight is 374 g/mol. The van der Waals surface area contributed by atoms with E-state index in [2.05, 4.69) is 9.44 Å². The summed E-state index contributed by atoms with van der Waals surface area (Å²) in [7, 11) is -1.48. The molecule has 1 aliphatic rings. The quantitative estimate of drug-likeness (QED) is 0.540. The topological polar surface area (TPSA) is 139 Å². The van der Waals surface area contributed by atoms with Crippen LogP contribution in [0.1, 0.15) is 0 Å². The molecule has 1 aromatic carbocycles. The van der Waals surface area contributed by atoms with Crippen molar-refractivity contribution < 1.29 is 27.2 Å². The zero-order valence-corrected chi connectivity index (χ0v) is 13.9. The number of hydrogen-bond acceptors (Lipinski definition) is 10. The molecule has 13 heteroatoms. The van der Waals surface area contributed by atoms with Gasteiger partial charge < -0.3 is 0 Å². The standard InChI is InChI=1S/C11H10N4O7S2/c1-13(2)14-10(16)9(23-11(14)17)12-22-24(20,21)8-5-3-7(4-6-8)15(18)19/h3-6H,1-2H3/b12-9-. The molecule has 2 amide bonds. The molecular formula is C11H10N4O7S2. The van der Waals surface area contributed by atoms with Gasteiger partial charge in [-0.05, 0) is 12.1 Å². The number of thioether (sulfide) groups is 1. The zero-order valence-electron chi connectivity index (χ0n) is 12.3. The van der Waals surface area contributed by atoms with Crippen LogP contribution < -0.4 is 0 Å². The smallest absolute Gasteiger partial charge is 0.264 e. The van der Waals surface area contributed by atoms with Crippen LogP contribution in [0.3, 0.4) is 0 Å². The summed E-state index contributed by atoms with van der Waals surface area (Å²) in [6, 6.07) is 3.90. The molecule has 0 aliphatic carbocycles. The molecule has 24 heavy (non-hydrogen) atoms. The van der Waals surface area contributed by atoms with Gasteiger partial charge in [-0.2, -0.15) is 13.4 Å². The molecule has 0 N–H and O–H groups in total. The van der Waals surface area contributed by atoms with E-state index in [0.717, 1.165) is 29.3 Å². The van der Waals surface area contributed by atoms with Gasteiger partial charge in [0.1, 0.15) is 4.90 Å². The summed E-state index contributed by atoms with van der Waals surface area (Å²) in [5.41, 5.74) is -0.297. The minimum Gasteiger partial charge on any atom is -0.264 e. The van der Waals surface area contributed by atoms with Gasteiger partial charge in [0, 0.05) is 38.0 Å². The number of non-ortho nitro benzene ring substituents is 1. The van der Waals surface area contributed by atoms with Gasteiger partial charge in [0.15, 0.2) is 0 Å². The van der Waals surface area contributed by atoms with Crippen molar-refractivity contribution in [2.45, 2.75) is 4.90 Å². The normalized spacial score (nSPS) is 17.0. The van der Waals surface area contributed by atoms with Gasteiger partial charge in [-0.1, -0.05) is 5.16 Å². The Morgan fingerprint density at radius 1 is 1.25 bits per heavy atom. The predicted octanol–water partition coefficient (Wildman–Crippen LogP) is 0.786. The lowest BCUT2D eigenvalue weighted by molar-refractivity contribution is -0.384. The van der Waals surface area contributed by atoms with Crippen LogP contribution in [0, 0.1) is 10.1 Å². The Hall–Kier alpha value is -2.51. The highest BCUT2D eigenvalue weighted by molar-refractivity contribution is 8.28. The van der Waals surface area contributed by atoms with Crippen LogP contribution in [0.15, 0.2) is 34.3 Å². The fourth-order valence-electron chi connectivity index (χ4n) is 1.61. The number of carbonyl (C=O) groups is 2. The van der Waals surface area contributed by atoms with Crippen molar-refractivity contribution in [2.24, 2.45) is 5.16 Å². The van der Waals surface area contributed by atoms with E-state index >= 15 is 0 Å². The molecule has 128 valence electrons. The maximum atomic E-state index is 11.9. The van der Waals surface area contributed by atoms with Gasteiger partial charge in [0.25, 0.3) is 5.69 Å². The van der Waals surface area contributed by atoms with Crippen LogP contribution in [0.5, 0.6) is 0 Å². The summed E-state index contributed by atoms with van der Waals surface area (Å²) in [5.74, 6) is -0.825. The Morgan fingerprint density at radius 2 is 1.83 bits per heavy atom. The van der Waals surface area contributed by atoms with Crippen LogP contribution in [-0.2, 0) is 19.2 Å². The zero-order chi connectivity index (χ0) is 18.1. The fourth-order valence-corrected chi connectivity index (χ4v) is 3.13. The molecule has 0 unspecified atom stereocenters. The first-order valence-electron chi connectivity index (χ1n) is 6.13. The Bertz CT molecular complexity index is 832. The van der Waals surface area contributed by atoms with Crippen molar-refractivity contribution in [3.8, 4) is 0 Å². The second-order valence-corrected chi connectivity index (χ2v) is 6.98. The monoisotopic (exact) mass is 374 g/mol. The molecule has 0 atom stereocenters. The molecule has 1 aliphatic heterocycles. The Kier molecular flexibility index (Phi) is 4.86. The first-order chi connectivity index (χ1) is 11.1. The van der Waals surface area contributed by atoms with Crippen LogP contribution in [0.25, 0.3) is 0 Å². The molecule has 11 nitrogen and oxygen atoms in total. The lowest BCUT2D eigenvalue weighted by Crippen LogP contribution is -2.41. The number of nitrogens with zero attached hydrogens (tertiary/aromatic N) is 4. The van der Waals surface area contributed by atoms with Gasteiger partial charge in [-0.3, -0.25) is 24.0 Å². The lowest BCUT2D eigenvalue weighted by Gasteiger charge is -2.19. The van der Waals surface area contributed by atoms with E-state index in [1.165, 1.54) is 19.1 Å². The Balaban J connectivity index is 2.20. The molecule has 0 saturated carbocycles. The molecule has 0 spiro atoms. The molecule has 1 saturated heterocycles. The molecule has 1 heterocycles. The highest BCUT2D eigenvalue weighted by atomic mass is 32.2. The number of amides is 2. The van der Waals surface area contributed by atoms with Crippen molar-refractivity contribution in [3.05, 3.63) is 34.4 Å². The van der Waals surface area contributed by atoms with Crippen molar-refractivity contribution in [1.82, 2.24) is 10.0 Å². The van der Waals surface area contributed by atoms with Crippen molar-refractivity contribution in [1.29, 1.82) is 0 Å². The molecule has 1 fully saturated rings. The fraction of sp³-hybridized carbons (Fsp3) is 0.182. The first-order valence-corrected chi connectivity index (χ1v) is 8.35. The van der Waals surface area contributed by atoms with Crippen LogP contribution >= 0.6 is 11.8 Å². The number of oxime groups is 1. The Labute approximate surface area is 140 Å². The highest BCUT2D eigenvalue weighted by Gasteiger charge is 2.39. The molecule has 1 aromatic rings. The third-order valence-corrected chi connectivity index (χ3v) is 4.60. The number of nitro groups is 1. The lowest BCUT2D eigenvalue weighted by atomic mass is 10.3. The number of benzene rings is 1. The van der Waals surface area contributed by atoms with E-state index in [0.29, 0.717) is 11.8 Å². The number of nitro benzene ring substituents is 1. The largest absolute Gasteiger partial charge is 0.358 e. The van der Waals surface area contributed by atoms with Crippen LogP contribution in [0.2, 0.25) is 0 Å². The SMILES string of the molecule is CN(C)N1C(=O)S/C(=N\OS(=O)(=O)c2ccc([N+](=O)[O-])cc2)C1=O. The molecular weight excluding hydrogens is 364 g/mol. The first kappa shape index (κ1) is 17.8. The molecule has 0 bridgehead atoms. The summed E-state index contributed by atoms with van der Waals surface area (Å²) in [5, 5.41) is 14.6. The third-order valence-electron chi connectivity index (χ3n) is 2.69. The van der Waals surface area contributed by atoms with E-state index in [4.69, 9.17) is 0 Å². The number of rotatable bonds is 5. The maximum absolute atomic E-state index is 11.9. The van der Waals surface area contributed by atoms with E-state index < -0.39 is 31.2 Å². The van der Waals surface area contributed by atoms with Crippen LogP contribution in [0.4, 0.5) is 10.5 Å². The van der Waals surface area contributed by atoms with Gasteiger partial charge in [0.2, 0.25) is 5.04 Å². The summed E-state index contributed by atoms with van der Waals surface area (Å²) in [6.45, 7) is 0. The minimum atomic E-state index is -4.39. The third kappa shape index (κ3) is 3.52. The minimum absolute atomic E-state index is 0.297. The number of carbonyl (C=O) groups excluding carboxylic acids is 2. The van der Waals surface area contributed by atoms with E-state index in [-0.39, 0.29) is 10.6 Å². The van der Waals surface area contributed by atoms with Crippen molar-refractivity contribution in [2.75, 3.05) is 14.1 Å². The van der Waals surface area contributed by atoms with Crippen molar-refractivity contribution >= 4 is 43.8 Å². The summed E-state index contributed by atoms with van der Waals surface area (Å²) in [4.78, 5) is 33.0. The highest BCUT2D eigenvalue weighted by Crippen LogP contribution is 2.24. The van der Waals surface area contributed by atoms with Gasteiger partial charge in [0.05, 0.1) is 4.92 Å². The van der Waals surface area contributed by atoms with E-state index in [9.17, 15) is 28.1 Å². The summed E-state index contributed by atoms with van der Waals surface area (Å²) < 4.78 is 28.3. The van der Waals surface area contributed by atoms with Gasteiger partial charge in [-0.25, -0.2) is 5.01 Å². The number of hydrazine groups is 1. The number of imide groups is 1. The van der Waals surface area contributed by atoms with E-state index in [1.54, 1.807) is 0 Å². The summed E-state index contributed by atoms with van der Waals surface area (Å²) >= 11 is 0.419. The van der Waals surface area contributed by atoms with Gasteiger partial charge in [-0.15, -0.1) is 0 Å². The van der Waals surface area contributed by atoms with Crippen molar-refractivity contribution in [3.63, 3.8) is 0 Å². The second kappa shape index (κ2) is 6.54. The molecule has 0 radical (unpaired) electrons. The van der Waals surface area contributed by atoms with Gasteiger partial charge >= 0.3 is 21.3 Å². The predicted molar refractivity (Wildman–Crippen MR) is 82.3 cm³/mol. The number of hydrogen-bond donors (Lipinski definition) is 0. The average Bonchev–Trinajstić information content (AvgIpc) is 2.79. The second-order valence-electron chi connectivity index (χ2n) is 4.51. The Morgan fingerprint density at radius 3 is 2.29 bits per heavy atom. The van der Waals surface area contributed by atoms with Crippen LogP contribution in [-0.4, -0.2) is 53.6 Å². The molecule has 0 aromatic heterocycles. The maximum Gasteiger partial charge on any atom is 0.358 e. The van der Waals surface area contributed by atoms with E-state index in [1.807, 2.05) is 0 Å². The summed E-state index contributed by atoms with van der Waals surface area (Å²) in [6.07, 6.45) is 0.